The number of rotatable bonds is 4. The molecule has 1 aromatic heterocycles. The first-order valence-electron chi connectivity index (χ1n) is 6.31. The smallest absolute Gasteiger partial charge is 0.0793 e. The largest absolute Gasteiger partial charge is 0.377 e. The van der Waals surface area contributed by atoms with Gasteiger partial charge in [0.05, 0.1) is 12.3 Å². The third kappa shape index (κ3) is 2.31. The van der Waals surface area contributed by atoms with Crippen LogP contribution in [0.4, 0.5) is 0 Å². The Bertz CT molecular complexity index is 514. The van der Waals surface area contributed by atoms with Gasteiger partial charge in [-0.1, -0.05) is 31.2 Å². The summed E-state index contributed by atoms with van der Waals surface area (Å²) < 4.78 is 7.26. The first-order chi connectivity index (χ1) is 8.67. The molecule has 0 spiro atoms. The van der Waals surface area contributed by atoms with E-state index in [1.54, 1.807) is 7.11 Å². The van der Waals surface area contributed by atoms with Crippen LogP contribution in [0.1, 0.15) is 31.2 Å². The second-order valence-electron chi connectivity index (χ2n) is 4.48. The van der Waals surface area contributed by atoms with Gasteiger partial charge in [-0.25, -0.2) is 0 Å². The molecule has 0 amide bonds. The van der Waals surface area contributed by atoms with E-state index in [-0.39, 0.29) is 6.10 Å². The third-order valence-corrected chi connectivity index (χ3v) is 3.44. The first-order valence-corrected chi connectivity index (χ1v) is 6.31. The van der Waals surface area contributed by atoms with Crippen LogP contribution in [-0.4, -0.2) is 16.9 Å². The number of benzene rings is 1. The van der Waals surface area contributed by atoms with Crippen LogP contribution in [0, 0.1) is 0 Å². The van der Waals surface area contributed by atoms with Gasteiger partial charge in [0.15, 0.2) is 0 Å². The Morgan fingerprint density at radius 2 is 1.94 bits per heavy atom. The first kappa shape index (κ1) is 12.8. The highest BCUT2D eigenvalue weighted by molar-refractivity contribution is 5.65. The summed E-state index contributed by atoms with van der Waals surface area (Å²) in [6, 6.07) is 8.52. The Labute approximate surface area is 108 Å². The van der Waals surface area contributed by atoms with Gasteiger partial charge in [-0.2, -0.15) is 5.10 Å². The third-order valence-electron chi connectivity index (χ3n) is 3.44. The zero-order chi connectivity index (χ0) is 13.1. The molecule has 2 rings (SSSR count). The van der Waals surface area contributed by atoms with Crippen LogP contribution in [0.25, 0.3) is 11.1 Å². The molecule has 3 nitrogen and oxygen atoms in total. The highest BCUT2D eigenvalue weighted by Gasteiger charge is 2.09. The summed E-state index contributed by atoms with van der Waals surface area (Å²) in [4.78, 5) is 0. The summed E-state index contributed by atoms with van der Waals surface area (Å²) in [6.45, 7) is 4.21. The number of hydrogen-bond acceptors (Lipinski definition) is 2. The molecular weight excluding hydrogens is 224 g/mol. The average Bonchev–Trinajstić information content (AvgIpc) is 2.79. The standard InChI is InChI=1S/C15H20N2O/c1-5-15-14(10-16-17(15)3)13-8-6-12(7-9-13)11(2)18-4/h6-11H,5H2,1-4H3/t11-/m1/s1. The van der Waals surface area contributed by atoms with Crippen molar-refractivity contribution in [1.29, 1.82) is 0 Å². The molecule has 0 aliphatic rings. The van der Waals surface area contributed by atoms with Crippen molar-refractivity contribution in [3.05, 3.63) is 41.7 Å². The Morgan fingerprint density at radius 3 is 2.50 bits per heavy atom. The lowest BCUT2D eigenvalue weighted by Gasteiger charge is -2.10. The van der Waals surface area contributed by atoms with Gasteiger partial charge in [0.1, 0.15) is 0 Å². The number of methoxy groups -OCH3 is 1. The van der Waals surface area contributed by atoms with Crippen LogP contribution >= 0.6 is 0 Å². The van der Waals surface area contributed by atoms with Crippen molar-refractivity contribution in [1.82, 2.24) is 9.78 Å². The van der Waals surface area contributed by atoms with Gasteiger partial charge in [0.25, 0.3) is 0 Å². The maximum absolute atomic E-state index is 5.31. The predicted molar refractivity (Wildman–Crippen MR) is 73.4 cm³/mol. The van der Waals surface area contributed by atoms with Crippen molar-refractivity contribution in [2.45, 2.75) is 26.4 Å². The van der Waals surface area contributed by atoms with Crippen LogP contribution in [0.2, 0.25) is 0 Å². The monoisotopic (exact) mass is 244 g/mol. The SMILES string of the molecule is CCc1c(-c2ccc([C@@H](C)OC)cc2)cnn1C. The van der Waals surface area contributed by atoms with Crippen molar-refractivity contribution in [2.75, 3.05) is 7.11 Å². The Morgan fingerprint density at radius 1 is 1.28 bits per heavy atom. The van der Waals surface area contributed by atoms with E-state index in [1.807, 2.05) is 17.9 Å². The highest BCUT2D eigenvalue weighted by Crippen LogP contribution is 2.25. The number of ether oxygens (including phenoxy) is 1. The van der Waals surface area contributed by atoms with Gasteiger partial charge in [-0.3, -0.25) is 4.68 Å². The summed E-state index contributed by atoms with van der Waals surface area (Å²) in [5.74, 6) is 0. The van der Waals surface area contributed by atoms with E-state index < -0.39 is 0 Å². The second kappa shape index (κ2) is 5.36. The maximum Gasteiger partial charge on any atom is 0.0793 e. The quantitative estimate of drug-likeness (QED) is 0.824. The molecule has 1 heterocycles. The normalized spacial score (nSPS) is 12.7. The van der Waals surface area contributed by atoms with Crippen molar-refractivity contribution < 1.29 is 4.74 Å². The minimum atomic E-state index is 0.138. The molecule has 2 aromatic rings. The molecule has 96 valence electrons. The number of hydrogen-bond donors (Lipinski definition) is 0. The van der Waals surface area contributed by atoms with Gasteiger partial charge < -0.3 is 4.74 Å². The van der Waals surface area contributed by atoms with Gasteiger partial charge >= 0.3 is 0 Å². The zero-order valence-corrected chi connectivity index (χ0v) is 11.5. The van der Waals surface area contributed by atoms with Crippen molar-refractivity contribution in [3.63, 3.8) is 0 Å². The molecule has 0 aliphatic heterocycles. The van der Waals surface area contributed by atoms with Crippen LogP contribution in [0.3, 0.4) is 0 Å². The minimum absolute atomic E-state index is 0.138. The van der Waals surface area contributed by atoms with E-state index in [2.05, 4.69) is 43.2 Å². The van der Waals surface area contributed by atoms with Gasteiger partial charge in [0.2, 0.25) is 0 Å². The van der Waals surface area contributed by atoms with Crippen LogP contribution < -0.4 is 0 Å². The summed E-state index contributed by atoms with van der Waals surface area (Å²) in [6.07, 6.45) is 3.06. The lowest BCUT2D eigenvalue weighted by atomic mass is 10.0. The van der Waals surface area contributed by atoms with E-state index in [0.717, 1.165) is 6.42 Å². The Balaban J connectivity index is 2.34. The van der Waals surface area contributed by atoms with E-state index in [4.69, 9.17) is 4.74 Å². The lowest BCUT2D eigenvalue weighted by Crippen LogP contribution is -1.97. The maximum atomic E-state index is 5.31. The highest BCUT2D eigenvalue weighted by atomic mass is 16.5. The van der Waals surface area contributed by atoms with E-state index in [1.165, 1.54) is 22.4 Å². The van der Waals surface area contributed by atoms with E-state index >= 15 is 0 Å². The second-order valence-corrected chi connectivity index (χ2v) is 4.48. The molecule has 1 aromatic carbocycles. The molecule has 3 heteroatoms. The molecule has 0 saturated heterocycles. The molecule has 1 atom stereocenters. The molecule has 18 heavy (non-hydrogen) atoms. The van der Waals surface area contributed by atoms with Gasteiger partial charge in [-0.15, -0.1) is 0 Å². The summed E-state index contributed by atoms with van der Waals surface area (Å²) in [7, 11) is 3.72. The fourth-order valence-electron chi connectivity index (χ4n) is 2.19. The fourth-order valence-corrected chi connectivity index (χ4v) is 2.19. The van der Waals surface area contributed by atoms with Crippen LogP contribution in [-0.2, 0) is 18.2 Å². The topological polar surface area (TPSA) is 27.1 Å². The predicted octanol–water partition coefficient (Wildman–Crippen LogP) is 3.36. The molecule has 0 unspecified atom stereocenters. The molecular formula is C15H20N2O. The minimum Gasteiger partial charge on any atom is -0.377 e. The number of aryl methyl sites for hydroxylation is 1. The number of nitrogens with zero attached hydrogens (tertiary/aromatic N) is 2. The Hall–Kier alpha value is -1.61. The average molecular weight is 244 g/mol. The fraction of sp³-hybridized carbons (Fsp3) is 0.400. The molecule has 0 aliphatic carbocycles. The van der Waals surface area contributed by atoms with Gasteiger partial charge in [0, 0.05) is 25.4 Å². The lowest BCUT2D eigenvalue weighted by molar-refractivity contribution is 0.119. The summed E-state index contributed by atoms with van der Waals surface area (Å²) in [5, 5.41) is 4.33. The summed E-state index contributed by atoms with van der Waals surface area (Å²) >= 11 is 0. The molecule has 0 saturated carbocycles. The van der Waals surface area contributed by atoms with Crippen molar-refractivity contribution >= 4 is 0 Å². The number of aromatic nitrogens is 2. The van der Waals surface area contributed by atoms with Crippen LogP contribution in [0.5, 0.6) is 0 Å². The van der Waals surface area contributed by atoms with Gasteiger partial charge in [-0.05, 0) is 24.5 Å². The van der Waals surface area contributed by atoms with Crippen LogP contribution in [0.15, 0.2) is 30.5 Å². The van der Waals surface area contributed by atoms with Crippen molar-refractivity contribution in [3.8, 4) is 11.1 Å². The van der Waals surface area contributed by atoms with E-state index in [0.29, 0.717) is 0 Å². The molecule has 0 N–H and O–H groups in total. The summed E-state index contributed by atoms with van der Waals surface area (Å²) in [5.41, 5.74) is 4.90. The zero-order valence-electron chi connectivity index (χ0n) is 11.5. The molecule has 0 fully saturated rings. The molecule has 0 radical (unpaired) electrons. The van der Waals surface area contributed by atoms with Crippen molar-refractivity contribution in [2.24, 2.45) is 7.05 Å². The molecule has 0 bridgehead atoms. The Kier molecular flexibility index (Phi) is 3.82. The van der Waals surface area contributed by atoms with E-state index in [9.17, 15) is 0 Å².